The molecule has 0 rings (SSSR count). The summed E-state index contributed by atoms with van der Waals surface area (Å²) in [5.74, 6) is 0. The molecule has 0 amide bonds. The first-order valence-electron chi connectivity index (χ1n) is 0. The third kappa shape index (κ3) is 9.08. The van der Waals surface area contributed by atoms with Gasteiger partial charge in [-0.05, 0) is 0 Å². The van der Waals surface area contributed by atoms with Crippen LogP contribution < -0.4 is 0 Å². The molecule has 6 radical (unpaired) electrons. The first-order chi connectivity index (χ1) is 0. The first kappa shape index (κ1) is 25.9. The monoisotopic (exact) mass is 250 g/mol. The smallest absolute Gasteiger partial charge is 0 e. The van der Waals surface area contributed by atoms with E-state index in [1.807, 2.05) is 0 Å². The Balaban J connectivity index is 0. The van der Waals surface area contributed by atoms with Crippen LogP contribution in [0.25, 0.3) is 0 Å². The normalized spacial score (nSPS) is 0. The van der Waals surface area contributed by atoms with Gasteiger partial charge in [0.2, 0.25) is 0 Å². The van der Waals surface area contributed by atoms with Crippen molar-refractivity contribution in [1.82, 2.24) is 0 Å². The Hall–Kier alpha value is 3.48. The van der Waals surface area contributed by atoms with Gasteiger partial charge in [-0.3, -0.25) is 0 Å². The third-order valence-corrected chi connectivity index (χ3v) is 0. The summed E-state index contributed by atoms with van der Waals surface area (Å²) in [6.45, 7) is 0. The van der Waals surface area contributed by atoms with Gasteiger partial charge < -0.3 is 0 Å². The average Bonchev–Trinajstić information content (AvgIpc) is 0. The van der Waals surface area contributed by atoms with Crippen LogP contribution in [-0.2, 0) is 77.5 Å². The van der Waals surface area contributed by atoms with Gasteiger partial charge >= 0.3 is 0 Å². The van der Waals surface area contributed by atoms with Crippen molar-refractivity contribution >= 4 is 25.8 Å². The molecule has 0 heterocycles. The topological polar surface area (TPSA) is 0 Å². The predicted molar refractivity (Wildman–Crippen MR) is 5.75 cm³/mol. The molecular formula is InSc3. The van der Waals surface area contributed by atoms with Gasteiger partial charge in [0, 0.05) is 103 Å². The minimum Gasteiger partial charge on any atom is 0 e. The summed E-state index contributed by atoms with van der Waals surface area (Å²) in [5, 5.41) is 0. The van der Waals surface area contributed by atoms with E-state index in [2.05, 4.69) is 0 Å². The van der Waals surface area contributed by atoms with Crippen LogP contribution in [-0.4, -0.2) is 25.8 Å². The van der Waals surface area contributed by atoms with Gasteiger partial charge in [0.1, 0.15) is 0 Å². The van der Waals surface area contributed by atoms with Crippen LogP contribution in [0.3, 0.4) is 0 Å². The summed E-state index contributed by atoms with van der Waals surface area (Å²) in [6.07, 6.45) is 0. The molecule has 0 aliphatic carbocycles. The number of rotatable bonds is 0. The van der Waals surface area contributed by atoms with Gasteiger partial charge in [-0.15, -0.1) is 0 Å². The SMILES string of the molecule is [In].[Sc].[Sc].[Sc]. The molecule has 4 heteroatoms. The Morgan fingerprint density at radius 2 is 0.500 bits per heavy atom. The summed E-state index contributed by atoms with van der Waals surface area (Å²) in [5.41, 5.74) is 0. The fraction of sp³-hybridized carbons (Fsp3) is 0. The number of hydrogen-bond acceptors (Lipinski definition) is 0. The molecule has 0 aromatic carbocycles. The van der Waals surface area contributed by atoms with Crippen LogP contribution in [0.2, 0.25) is 0 Å². The molecule has 0 fully saturated rings. The Labute approximate surface area is 101 Å². The third-order valence-electron chi connectivity index (χ3n) is 0. The van der Waals surface area contributed by atoms with Crippen molar-refractivity contribution in [3.8, 4) is 0 Å². The molecule has 0 bridgehead atoms. The van der Waals surface area contributed by atoms with E-state index < -0.39 is 0 Å². The zero-order valence-corrected chi connectivity index (χ0v) is 11.0. The van der Waals surface area contributed by atoms with E-state index in [9.17, 15) is 0 Å². The molecule has 0 atom stereocenters. The van der Waals surface area contributed by atoms with Crippen LogP contribution in [0, 0.1) is 0 Å². The molecule has 0 nitrogen and oxygen atoms in total. The Morgan fingerprint density at radius 3 is 0.500 bits per heavy atom. The standard InChI is InChI=1S/In.3Sc. The van der Waals surface area contributed by atoms with Crippen molar-refractivity contribution in [2.24, 2.45) is 0 Å². The van der Waals surface area contributed by atoms with Crippen molar-refractivity contribution in [2.75, 3.05) is 0 Å². The fourth-order valence-electron chi connectivity index (χ4n) is 0. The second kappa shape index (κ2) is 16.1. The van der Waals surface area contributed by atoms with Gasteiger partial charge in [0.05, 0.1) is 0 Å². The van der Waals surface area contributed by atoms with E-state index in [-0.39, 0.29) is 103 Å². The van der Waals surface area contributed by atoms with Crippen molar-refractivity contribution in [2.45, 2.75) is 0 Å². The Kier molecular flexibility index (Phi) is 104. The van der Waals surface area contributed by atoms with Gasteiger partial charge in [-0.1, -0.05) is 0 Å². The maximum absolute atomic E-state index is 0. The first-order valence-corrected chi connectivity index (χ1v) is 0. The zero-order valence-electron chi connectivity index (χ0n) is 2.31. The molecule has 0 spiro atoms. The van der Waals surface area contributed by atoms with Crippen molar-refractivity contribution in [3.05, 3.63) is 0 Å². The van der Waals surface area contributed by atoms with Crippen LogP contribution in [0.5, 0.6) is 0 Å². The van der Waals surface area contributed by atoms with Gasteiger partial charge in [-0.2, -0.15) is 0 Å². The minimum absolute atomic E-state index is 0. The molecular weight excluding hydrogens is 250 g/mol. The summed E-state index contributed by atoms with van der Waals surface area (Å²) >= 11 is 0. The average molecular weight is 250 g/mol. The Morgan fingerprint density at radius 1 is 0.500 bits per heavy atom. The number of hydrogen-bond donors (Lipinski definition) is 0. The van der Waals surface area contributed by atoms with E-state index in [4.69, 9.17) is 0 Å². The van der Waals surface area contributed by atoms with Crippen molar-refractivity contribution in [3.63, 3.8) is 0 Å². The van der Waals surface area contributed by atoms with E-state index in [1.54, 1.807) is 0 Å². The second-order valence-corrected chi connectivity index (χ2v) is 0. The molecule has 0 saturated heterocycles. The van der Waals surface area contributed by atoms with E-state index in [1.165, 1.54) is 0 Å². The zero-order chi connectivity index (χ0) is 0. The molecule has 0 aromatic rings. The summed E-state index contributed by atoms with van der Waals surface area (Å²) in [4.78, 5) is 0. The minimum atomic E-state index is 0. The quantitative estimate of drug-likeness (QED) is 0.549. The predicted octanol–water partition coefficient (Wildman–Crippen LogP) is -0.388. The second-order valence-electron chi connectivity index (χ2n) is 0. The summed E-state index contributed by atoms with van der Waals surface area (Å²) < 4.78 is 0. The van der Waals surface area contributed by atoms with E-state index in [0.717, 1.165) is 0 Å². The van der Waals surface area contributed by atoms with Crippen molar-refractivity contribution in [1.29, 1.82) is 0 Å². The molecule has 0 N–H and O–H groups in total. The van der Waals surface area contributed by atoms with Gasteiger partial charge in [0.15, 0.2) is 0 Å². The maximum atomic E-state index is 0. The summed E-state index contributed by atoms with van der Waals surface area (Å²) in [7, 11) is 0. The summed E-state index contributed by atoms with van der Waals surface area (Å²) in [6, 6.07) is 0. The fourth-order valence-corrected chi connectivity index (χ4v) is 0. The van der Waals surface area contributed by atoms with Crippen LogP contribution in [0.15, 0.2) is 0 Å². The molecule has 0 unspecified atom stereocenters. The molecule has 0 aromatic heterocycles. The molecule has 0 aliphatic heterocycles. The molecule has 0 aliphatic rings. The molecule has 12 valence electrons. The van der Waals surface area contributed by atoms with Crippen molar-refractivity contribution < 1.29 is 77.5 Å². The largest absolute Gasteiger partial charge is 0 e. The van der Waals surface area contributed by atoms with Gasteiger partial charge in [-0.25, -0.2) is 0 Å². The Bertz CT molecular complexity index is 3.25. The molecule has 4 heavy (non-hydrogen) atoms. The van der Waals surface area contributed by atoms with Crippen LogP contribution in [0.4, 0.5) is 0 Å². The van der Waals surface area contributed by atoms with E-state index in [0.29, 0.717) is 0 Å². The van der Waals surface area contributed by atoms with E-state index >= 15 is 0 Å². The van der Waals surface area contributed by atoms with Crippen LogP contribution in [0.1, 0.15) is 0 Å². The molecule has 0 saturated carbocycles. The maximum Gasteiger partial charge on any atom is 0 e. The van der Waals surface area contributed by atoms with Gasteiger partial charge in [0.25, 0.3) is 0 Å². The van der Waals surface area contributed by atoms with Crippen LogP contribution >= 0.6 is 0 Å².